The van der Waals surface area contributed by atoms with Gasteiger partial charge < -0.3 is 4.90 Å². The molecular weight excluding hydrogens is 294 g/mol. The predicted molar refractivity (Wildman–Crippen MR) is 86.8 cm³/mol. The monoisotopic (exact) mass is 313 g/mol. The number of hydrogen-bond acceptors (Lipinski definition) is 4. The van der Waals surface area contributed by atoms with E-state index in [0.29, 0.717) is 11.0 Å². The van der Waals surface area contributed by atoms with Crippen LogP contribution in [0.4, 0.5) is 0 Å². The number of carbonyl (C=O) groups is 1. The topological polar surface area (TPSA) is 36.4 Å². The summed E-state index contributed by atoms with van der Waals surface area (Å²) in [5, 5.41) is 4.36. The molecule has 0 unspecified atom stereocenters. The number of rotatable bonds is 3. The zero-order valence-corrected chi connectivity index (χ0v) is 13.3. The van der Waals surface area contributed by atoms with Gasteiger partial charge >= 0.3 is 0 Å². The van der Waals surface area contributed by atoms with Crippen LogP contribution in [-0.4, -0.2) is 46.9 Å². The van der Waals surface area contributed by atoms with E-state index < -0.39 is 0 Å². The minimum absolute atomic E-state index is 0.120. The Bertz CT molecular complexity index is 650. The fourth-order valence-electron chi connectivity index (χ4n) is 3.64. The van der Waals surface area contributed by atoms with Crippen molar-refractivity contribution < 1.29 is 4.79 Å². The Kier molecular flexibility index (Phi) is 3.47. The van der Waals surface area contributed by atoms with Gasteiger partial charge in [0.2, 0.25) is 0 Å². The Morgan fingerprint density at radius 3 is 2.95 bits per heavy atom. The van der Waals surface area contributed by atoms with Gasteiger partial charge in [-0.05, 0) is 47.5 Å². The van der Waals surface area contributed by atoms with Gasteiger partial charge in [0.25, 0.3) is 5.91 Å². The Labute approximate surface area is 134 Å². The number of nitrogens with zero attached hydrogens (tertiary/aromatic N) is 3. The quantitative estimate of drug-likeness (QED) is 0.873. The van der Waals surface area contributed by atoms with Crippen molar-refractivity contribution in [3.8, 4) is 0 Å². The van der Waals surface area contributed by atoms with Crippen molar-refractivity contribution in [1.29, 1.82) is 0 Å². The second-order valence-corrected chi connectivity index (χ2v) is 7.28. The summed E-state index contributed by atoms with van der Waals surface area (Å²) < 4.78 is 0. The first-order valence-corrected chi connectivity index (χ1v) is 8.61. The Hall–Kier alpha value is -1.72. The molecule has 0 radical (unpaired) electrons. The van der Waals surface area contributed by atoms with Gasteiger partial charge in [0.1, 0.15) is 0 Å². The summed E-state index contributed by atoms with van der Waals surface area (Å²) in [5.74, 6) is 0.120. The number of hydrogen-bond donors (Lipinski definition) is 0. The van der Waals surface area contributed by atoms with Crippen molar-refractivity contribution in [1.82, 2.24) is 14.8 Å². The molecule has 0 aliphatic carbocycles. The van der Waals surface area contributed by atoms with Gasteiger partial charge in [0.15, 0.2) is 0 Å². The molecular formula is C17H19N3OS. The third kappa shape index (κ3) is 2.55. The normalized spacial score (nSPS) is 20.3. The first-order chi connectivity index (χ1) is 10.7. The molecule has 2 aliphatic heterocycles. The lowest BCUT2D eigenvalue weighted by atomic mass is 9.79. The summed E-state index contributed by atoms with van der Waals surface area (Å²) in [4.78, 5) is 20.9. The zero-order chi connectivity index (χ0) is 15.0. The van der Waals surface area contributed by atoms with Crippen LogP contribution in [0.1, 0.15) is 22.3 Å². The lowest BCUT2D eigenvalue weighted by Crippen LogP contribution is -2.59. The highest BCUT2D eigenvalue weighted by Crippen LogP contribution is 2.40. The maximum Gasteiger partial charge on any atom is 0.255 e. The molecule has 0 saturated carbocycles. The summed E-state index contributed by atoms with van der Waals surface area (Å²) in [7, 11) is 0. The second-order valence-electron chi connectivity index (χ2n) is 6.50. The van der Waals surface area contributed by atoms with Crippen molar-refractivity contribution in [3.63, 3.8) is 0 Å². The molecule has 1 spiro atoms. The molecule has 0 atom stereocenters. The molecule has 2 aromatic heterocycles. The average Bonchev–Trinajstić information content (AvgIpc) is 3.16. The molecule has 0 aromatic carbocycles. The molecule has 2 aliphatic rings. The molecule has 5 heteroatoms. The Morgan fingerprint density at radius 1 is 1.32 bits per heavy atom. The standard InChI is InChI=1S/C17H19N3OS/c21-16(15-2-1-5-18-8-15)20-12-17(13-20)4-6-19(11-17)9-14-3-7-22-10-14/h1-3,5,7-8,10H,4,6,9,11-13H2. The van der Waals surface area contributed by atoms with Gasteiger partial charge in [-0.3, -0.25) is 14.7 Å². The fourth-order valence-corrected chi connectivity index (χ4v) is 4.30. The number of likely N-dealkylation sites (tertiary alicyclic amines) is 2. The van der Waals surface area contributed by atoms with Crippen molar-refractivity contribution >= 4 is 17.2 Å². The van der Waals surface area contributed by atoms with Gasteiger partial charge in [-0.1, -0.05) is 0 Å². The third-order valence-electron chi connectivity index (χ3n) is 4.75. The van der Waals surface area contributed by atoms with Gasteiger partial charge in [0, 0.05) is 44.0 Å². The molecule has 2 saturated heterocycles. The predicted octanol–water partition coefficient (Wildman–Crippen LogP) is 2.49. The molecule has 4 rings (SSSR count). The van der Waals surface area contributed by atoms with E-state index in [4.69, 9.17) is 0 Å². The van der Waals surface area contributed by atoms with Crippen LogP contribution < -0.4 is 0 Å². The van der Waals surface area contributed by atoms with E-state index in [0.717, 1.165) is 32.7 Å². The smallest absolute Gasteiger partial charge is 0.255 e. The minimum atomic E-state index is 0.120. The summed E-state index contributed by atoms with van der Waals surface area (Å²) in [6.07, 6.45) is 4.56. The summed E-state index contributed by atoms with van der Waals surface area (Å²) in [5.41, 5.74) is 2.43. The van der Waals surface area contributed by atoms with E-state index in [1.165, 1.54) is 12.0 Å². The van der Waals surface area contributed by atoms with E-state index in [1.54, 1.807) is 23.7 Å². The van der Waals surface area contributed by atoms with Crippen LogP contribution in [0.3, 0.4) is 0 Å². The van der Waals surface area contributed by atoms with Gasteiger partial charge in [-0.15, -0.1) is 0 Å². The van der Waals surface area contributed by atoms with Crippen LogP contribution in [-0.2, 0) is 6.54 Å². The summed E-state index contributed by atoms with van der Waals surface area (Å²) >= 11 is 1.76. The first-order valence-electron chi connectivity index (χ1n) is 7.67. The largest absolute Gasteiger partial charge is 0.337 e. The molecule has 1 amide bonds. The second kappa shape index (κ2) is 5.48. The molecule has 0 N–H and O–H groups in total. The molecule has 4 nitrogen and oxygen atoms in total. The molecule has 22 heavy (non-hydrogen) atoms. The van der Waals surface area contributed by atoms with Gasteiger partial charge in [-0.25, -0.2) is 0 Å². The Balaban J connectivity index is 1.34. The van der Waals surface area contributed by atoms with Crippen LogP contribution in [0, 0.1) is 5.41 Å². The van der Waals surface area contributed by atoms with Crippen LogP contribution in [0.5, 0.6) is 0 Å². The number of pyridine rings is 1. The Morgan fingerprint density at radius 2 is 2.23 bits per heavy atom. The van der Waals surface area contributed by atoms with Crippen LogP contribution >= 0.6 is 11.3 Å². The number of carbonyl (C=O) groups excluding carboxylic acids is 1. The van der Waals surface area contributed by atoms with E-state index in [2.05, 4.69) is 26.7 Å². The molecule has 2 aromatic rings. The van der Waals surface area contributed by atoms with Crippen LogP contribution in [0.25, 0.3) is 0 Å². The van der Waals surface area contributed by atoms with Crippen molar-refractivity contribution in [2.24, 2.45) is 5.41 Å². The summed E-state index contributed by atoms with van der Waals surface area (Å²) in [6.45, 7) is 5.08. The zero-order valence-electron chi connectivity index (χ0n) is 12.4. The number of amides is 1. The van der Waals surface area contributed by atoms with Gasteiger partial charge in [0.05, 0.1) is 5.56 Å². The highest BCUT2D eigenvalue weighted by Gasteiger charge is 2.49. The number of thiophene rings is 1. The minimum Gasteiger partial charge on any atom is -0.337 e. The fraction of sp³-hybridized carbons (Fsp3) is 0.412. The molecule has 0 bridgehead atoms. The SMILES string of the molecule is O=C(c1cccnc1)N1CC2(CCN(Cc3ccsc3)C2)C1. The average molecular weight is 313 g/mol. The molecule has 2 fully saturated rings. The van der Waals surface area contributed by atoms with Crippen molar-refractivity contribution in [2.75, 3.05) is 26.2 Å². The van der Waals surface area contributed by atoms with Crippen molar-refractivity contribution in [3.05, 3.63) is 52.5 Å². The first kappa shape index (κ1) is 13.9. The van der Waals surface area contributed by atoms with Crippen LogP contribution in [0.15, 0.2) is 41.4 Å². The lowest BCUT2D eigenvalue weighted by Gasteiger charge is -2.48. The summed E-state index contributed by atoms with van der Waals surface area (Å²) in [6, 6.07) is 5.87. The number of aromatic nitrogens is 1. The highest BCUT2D eigenvalue weighted by molar-refractivity contribution is 7.07. The van der Waals surface area contributed by atoms with Crippen LogP contribution in [0.2, 0.25) is 0 Å². The van der Waals surface area contributed by atoms with Gasteiger partial charge in [-0.2, -0.15) is 11.3 Å². The third-order valence-corrected chi connectivity index (χ3v) is 5.48. The molecule has 4 heterocycles. The maximum atomic E-state index is 12.4. The molecule has 114 valence electrons. The highest BCUT2D eigenvalue weighted by atomic mass is 32.1. The van der Waals surface area contributed by atoms with E-state index in [-0.39, 0.29) is 5.91 Å². The van der Waals surface area contributed by atoms with E-state index in [9.17, 15) is 4.79 Å². The maximum absolute atomic E-state index is 12.4. The van der Waals surface area contributed by atoms with E-state index in [1.807, 2.05) is 17.0 Å². The van der Waals surface area contributed by atoms with Crippen molar-refractivity contribution in [2.45, 2.75) is 13.0 Å². The van der Waals surface area contributed by atoms with E-state index >= 15 is 0 Å². The lowest BCUT2D eigenvalue weighted by molar-refractivity contribution is 0.0103.